The molecule has 0 radical (unpaired) electrons. The second kappa shape index (κ2) is 10.6. The molecule has 1 saturated heterocycles. The van der Waals surface area contributed by atoms with Gasteiger partial charge >= 0.3 is 0 Å². The molecule has 1 fully saturated rings. The third kappa shape index (κ3) is 5.28. The molecule has 1 unspecified atom stereocenters. The van der Waals surface area contributed by atoms with E-state index < -0.39 is 42.7 Å². The SMILES string of the molecule is Cc1ccc([C@@H]2O[C@H](CO)[C@@H](O)[C@H](O)[C@H]2O)cc1Cc1ccc(OCC2(C)Cc3cccc(F)c3O2)cc1. The van der Waals surface area contributed by atoms with Gasteiger partial charge in [0.05, 0.1) is 6.61 Å². The molecule has 38 heavy (non-hydrogen) atoms. The molecule has 0 aromatic heterocycles. The summed E-state index contributed by atoms with van der Waals surface area (Å²) in [6.07, 6.45) is -4.78. The van der Waals surface area contributed by atoms with Crippen LogP contribution in [-0.2, 0) is 17.6 Å². The van der Waals surface area contributed by atoms with Crippen molar-refractivity contribution >= 4 is 0 Å². The molecule has 6 atom stereocenters. The number of aliphatic hydroxyl groups excluding tert-OH is 4. The Bertz CT molecular complexity index is 1280. The van der Waals surface area contributed by atoms with E-state index in [2.05, 4.69) is 0 Å². The van der Waals surface area contributed by atoms with Crippen molar-refractivity contribution in [1.82, 2.24) is 0 Å². The van der Waals surface area contributed by atoms with Gasteiger partial charge in [0.25, 0.3) is 0 Å². The number of ether oxygens (including phenoxy) is 3. The quantitative estimate of drug-likeness (QED) is 0.376. The largest absolute Gasteiger partial charge is 0.489 e. The topological polar surface area (TPSA) is 109 Å². The number of benzene rings is 3. The fourth-order valence-corrected chi connectivity index (χ4v) is 5.17. The number of hydrogen-bond donors (Lipinski definition) is 4. The van der Waals surface area contributed by atoms with Gasteiger partial charge in [-0.15, -0.1) is 0 Å². The van der Waals surface area contributed by atoms with E-state index in [4.69, 9.17) is 14.2 Å². The number of fused-ring (bicyclic) bond motifs is 1. The fourth-order valence-electron chi connectivity index (χ4n) is 5.17. The van der Waals surface area contributed by atoms with Gasteiger partial charge in [0.1, 0.15) is 48.5 Å². The Balaban J connectivity index is 1.24. The molecule has 0 spiro atoms. The van der Waals surface area contributed by atoms with Crippen LogP contribution < -0.4 is 9.47 Å². The highest BCUT2D eigenvalue weighted by Gasteiger charge is 2.44. The van der Waals surface area contributed by atoms with Gasteiger partial charge < -0.3 is 34.6 Å². The molecule has 4 N–H and O–H groups in total. The monoisotopic (exact) mass is 524 g/mol. The summed E-state index contributed by atoms with van der Waals surface area (Å²) in [6, 6.07) is 18.3. The van der Waals surface area contributed by atoms with E-state index in [0.717, 1.165) is 22.3 Å². The minimum Gasteiger partial charge on any atom is -0.489 e. The minimum atomic E-state index is -1.42. The van der Waals surface area contributed by atoms with Crippen LogP contribution in [-0.4, -0.2) is 63.7 Å². The number of aryl methyl sites for hydroxylation is 1. The molecule has 2 aliphatic heterocycles. The van der Waals surface area contributed by atoms with Crippen LogP contribution in [0.2, 0.25) is 0 Å². The highest BCUT2D eigenvalue weighted by molar-refractivity contribution is 5.41. The summed E-state index contributed by atoms with van der Waals surface area (Å²) < 4.78 is 31.6. The Morgan fingerprint density at radius 1 is 1.00 bits per heavy atom. The van der Waals surface area contributed by atoms with Crippen LogP contribution in [0, 0.1) is 12.7 Å². The smallest absolute Gasteiger partial charge is 0.165 e. The number of aliphatic hydroxyl groups is 4. The lowest BCUT2D eigenvalue weighted by Gasteiger charge is -2.40. The van der Waals surface area contributed by atoms with Crippen molar-refractivity contribution in [3.8, 4) is 11.5 Å². The van der Waals surface area contributed by atoms with Crippen LogP contribution in [0.15, 0.2) is 60.7 Å². The Kier molecular flexibility index (Phi) is 7.44. The summed E-state index contributed by atoms with van der Waals surface area (Å²) in [6.45, 7) is 3.71. The third-order valence-corrected chi connectivity index (χ3v) is 7.42. The lowest BCUT2D eigenvalue weighted by molar-refractivity contribution is -0.231. The molecule has 7 nitrogen and oxygen atoms in total. The van der Waals surface area contributed by atoms with E-state index in [-0.39, 0.29) is 12.4 Å². The Hall–Kier alpha value is -3.01. The number of halogens is 1. The summed E-state index contributed by atoms with van der Waals surface area (Å²) in [5, 5.41) is 40.3. The maximum atomic E-state index is 14.0. The molecule has 3 aromatic carbocycles. The molecule has 0 bridgehead atoms. The average Bonchev–Trinajstić information content (AvgIpc) is 3.26. The van der Waals surface area contributed by atoms with Gasteiger partial charge in [0.15, 0.2) is 11.6 Å². The summed E-state index contributed by atoms with van der Waals surface area (Å²) in [4.78, 5) is 0. The van der Waals surface area contributed by atoms with Crippen molar-refractivity contribution in [2.45, 2.75) is 62.8 Å². The van der Waals surface area contributed by atoms with Gasteiger partial charge in [0, 0.05) is 12.0 Å². The van der Waals surface area contributed by atoms with Crippen LogP contribution in [0.4, 0.5) is 4.39 Å². The first kappa shape index (κ1) is 26.6. The van der Waals surface area contributed by atoms with Crippen molar-refractivity contribution in [2.75, 3.05) is 13.2 Å². The van der Waals surface area contributed by atoms with Gasteiger partial charge in [-0.25, -0.2) is 4.39 Å². The average molecular weight is 525 g/mol. The molecular weight excluding hydrogens is 491 g/mol. The van der Waals surface area contributed by atoms with E-state index in [1.807, 2.05) is 62.4 Å². The number of rotatable bonds is 7. The van der Waals surface area contributed by atoms with Crippen molar-refractivity contribution < 1.29 is 39.0 Å². The van der Waals surface area contributed by atoms with Gasteiger partial charge in [-0.3, -0.25) is 0 Å². The van der Waals surface area contributed by atoms with Crippen LogP contribution in [0.3, 0.4) is 0 Å². The van der Waals surface area contributed by atoms with Crippen LogP contribution >= 0.6 is 0 Å². The van der Waals surface area contributed by atoms with Gasteiger partial charge in [0.2, 0.25) is 0 Å². The lowest BCUT2D eigenvalue weighted by atomic mass is 9.89. The molecule has 0 saturated carbocycles. The molecule has 8 heteroatoms. The van der Waals surface area contributed by atoms with E-state index >= 15 is 0 Å². The summed E-state index contributed by atoms with van der Waals surface area (Å²) in [5.41, 5.74) is 3.96. The zero-order chi connectivity index (χ0) is 27.0. The molecule has 2 aliphatic rings. The second-order valence-corrected chi connectivity index (χ2v) is 10.5. The van der Waals surface area contributed by atoms with E-state index in [1.54, 1.807) is 6.07 Å². The Labute approximate surface area is 221 Å². The first-order chi connectivity index (χ1) is 18.2. The molecule has 0 amide bonds. The zero-order valence-corrected chi connectivity index (χ0v) is 21.4. The van der Waals surface area contributed by atoms with Crippen LogP contribution in [0.1, 0.15) is 40.8 Å². The van der Waals surface area contributed by atoms with Crippen molar-refractivity contribution in [1.29, 1.82) is 0 Å². The number of hydrogen-bond acceptors (Lipinski definition) is 7. The Morgan fingerprint density at radius 3 is 2.47 bits per heavy atom. The highest BCUT2D eigenvalue weighted by atomic mass is 19.1. The predicted molar refractivity (Wildman–Crippen MR) is 138 cm³/mol. The Morgan fingerprint density at radius 2 is 1.76 bits per heavy atom. The summed E-state index contributed by atoms with van der Waals surface area (Å²) in [5.74, 6) is 0.624. The van der Waals surface area contributed by atoms with Gasteiger partial charge in [-0.05, 0) is 60.7 Å². The maximum absolute atomic E-state index is 14.0. The minimum absolute atomic E-state index is 0.278. The molecule has 5 rings (SSSR count). The predicted octanol–water partition coefficient (Wildman–Crippen LogP) is 3.01. The summed E-state index contributed by atoms with van der Waals surface area (Å²) in [7, 11) is 0. The van der Waals surface area contributed by atoms with E-state index in [9.17, 15) is 24.8 Å². The number of para-hydroxylation sites is 1. The standard InChI is InChI=1S/C30H33FO7/c1-17-6-9-19(29-27(35)26(34)25(33)24(15-32)37-29)13-21(17)12-18-7-10-22(11-8-18)36-16-30(2)14-20-4-3-5-23(31)28(20)38-30/h3-11,13,24-27,29,32-35H,12,14-16H2,1-2H3/t24-,25-,26+,27-,29+,30?/m1/s1. The second-order valence-electron chi connectivity index (χ2n) is 10.5. The summed E-state index contributed by atoms with van der Waals surface area (Å²) >= 11 is 0. The molecule has 0 aliphatic carbocycles. The van der Waals surface area contributed by atoms with Crippen molar-refractivity contribution in [2.24, 2.45) is 0 Å². The molecule has 3 aromatic rings. The third-order valence-electron chi connectivity index (χ3n) is 7.42. The maximum Gasteiger partial charge on any atom is 0.165 e. The normalized spacial score (nSPS) is 28.6. The zero-order valence-electron chi connectivity index (χ0n) is 21.4. The van der Waals surface area contributed by atoms with Gasteiger partial charge in [-0.1, -0.05) is 42.5 Å². The first-order valence-electron chi connectivity index (χ1n) is 12.8. The first-order valence-corrected chi connectivity index (χ1v) is 12.8. The van der Waals surface area contributed by atoms with Crippen molar-refractivity contribution in [3.05, 3.63) is 94.3 Å². The molecule has 202 valence electrons. The van der Waals surface area contributed by atoms with Crippen LogP contribution in [0.25, 0.3) is 0 Å². The fraction of sp³-hybridized carbons (Fsp3) is 0.400. The van der Waals surface area contributed by atoms with Gasteiger partial charge in [-0.2, -0.15) is 0 Å². The lowest BCUT2D eigenvalue weighted by Crippen LogP contribution is -2.55. The van der Waals surface area contributed by atoms with E-state index in [1.165, 1.54) is 6.07 Å². The van der Waals surface area contributed by atoms with Crippen LogP contribution in [0.5, 0.6) is 11.5 Å². The van der Waals surface area contributed by atoms with Crippen molar-refractivity contribution in [3.63, 3.8) is 0 Å². The molecule has 2 heterocycles. The molecular formula is C30H33FO7. The highest BCUT2D eigenvalue weighted by Crippen LogP contribution is 2.37. The van der Waals surface area contributed by atoms with E-state index in [0.29, 0.717) is 29.9 Å².